The van der Waals surface area contributed by atoms with E-state index in [4.69, 9.17) is 4.52 Å². The summed E-state index contributed by atoms with van der Waals surface area (Å²) in [6, 6.07) is 2.09. The Bertz CT molecular complexity index is 253. The van der Waals surface area contributed by atoms with Gasteiger partial charge in [-0.15, -0.1) is 0 Å². The molecule has 1 rings (SSSR count). The van der Waals surface area contributed by atoms with Gasteiger partial charge < -0.3 is 4.52 Å². The van der Waals surface area contributed by atoms with E-state index in [-0.39, 0.29) is 0 Å². The van der Waals surface area contributed by atoms with Crippen LogP contribution in [-0.2, 0) is 6.42 Å². The zero-order valence-electron chi connectivity index (χ0n) is 9.55. The van der Waals surface area contributed by atoms with E-state index in [1.54, 1.807) is 0 Å². The highest BCUT2D eigenvalue weighted by Crippen LogP contribution is 2.16. The van der Waals surface area contributed by atoms with Crippen LogP contribution in [0, 0.1) is 0 Å². The van der Waals surface area contributed by atoms with Gasteiger partial charge in [-0.25, -0.2) is 0 Å². The fourth-order valence-corrected chi connectivity index (χ4v) is 1.45. The molecule has 0 atom stereocenters. The Morgan fingerprint density at radius 2 is 2.07 bits per heavy atom. The van der Waals surface area contributed by atoms with Crippen LogP contribution in [0.5, 0.6) is 0 Å². The highest BCUT2D eigenvalue weighted by Gasteiger charge is 2.06. The Morgan fingerprint density at radius 3 is 2.64 bits per heavy atom. The quantitative estimate of drug-likeness (QED) is 0.643. The molecule has 2 nitrogen and oxygen atoms in total. The van der Waals surface area contributed by atoms with Crippen molar-refractivity contribution in [3.63, 3.8) is 0 Å². The number of rotatable bonds is 6. The molecule has 80 valence electrons. The smallest absolute Gasteiger partial charge is 0.139 e. The average Bonchev–Trinajstić information content (AvgIpc) is 2.61. The first-order valence-electron chi connectivity index (χ1n) is 5.69. The van der Waals surface area contributed by atoms with Gasteiger partial charge >= 0.3 is 0 Å². The minimum atomic E-state index is 0.451. The van der Waals surface area contributed by atoms with Gasteiger partial charge in [-0.1, -0.05) is 45.2 Å². The Hall–Kier alpha value is -0.790. The van der Waals surface area contributed by atoms with Crippen LogP contribution in [0.4, 0.5) is 0 Å². The minimum absolute atomic E-state index is 0.451. The van der Waals surface area contributed by atoms with Crippen LogP contribution >= 0.6 is 0 Å². The van der Waals surface area contributed by atoms with Crippen molar-refractivity contribution in [2.75, 3.05) is 0 Å². The first-order valence-corrected chi connectivity index (χ1v) is 5.69. The second-order valence-corrected chi connectivity index (χ2v) is 4.19. The van der Waals surface area contributed by atoms with Gasteiger partial charge in [0.05, 0.1) is 5.69 Å². The van der Waals surface area contributed by atoms with Gasteiger partial charge in [0.15, 0.2) is 0 Å². The van der Waals surface area contributed by atoms with Crippen LogP contribution in [0.15, 0.2) is 10.6 Å². The normalized spacial score (nSPS) is 11.1. The van der Waals surface area contributed by atoms with Gasteiger partial charge in [-0.2, -0.15) is 0 Å². The Balaban J connectivity index is 2.29. The van der Waals surface area contributed by atoms with E-state index in [1.165, 1.54) is 25.7 Å². The van der Waals surface area contributed by atoms with E-state index in [0.717, 1.165) is 17.9 Å². The predicted molar refractivity (Wildman–Crippen MR) is 58.4 cm³/mol. The van der Waals surface area contributed by atoms with Crippen molar-refractivity contribution in [3.8, 4) is 0 Å². The summed E-state index contributed by atoms with van der Waals surface area (Å²) in [4.78, 5) is 0. The Kier molecular flexibility index (Phi) is 4.71. The van der Waals surface area contributed by atoms with Gasteiger partial charge in [0.1, 0.15) is 5.76 Å². The van der Waals surface area contributed by atoms with Gasteiger partial charge in [0, 0.05) is 12.0 Å². The molecule has 0 saturated carbocycles. The van der Waals surface area contributed by atoms with Crippen molar-refractivity contribution >= 4 is 0 Å². The van der Waals surface area contributed by atoms with Crippen molar-refractivity contribution < 1.29 is 4.52 Å². The van der Waals surface area contributed by atoms with Crippen LogP contribution in [0.3, 0.4) is 0 Å². The van der Waals surface area contributed by atoms with Crippen LogP contribution < -0.4 is 0 Å². The second kappa shape index (κ2) is 5.84. The van der Waals surface area contributed by atoms with Crippen LogP contribution in [0.2, 0.25) is 0 Å². The SMILES string of the molecule is CCCCCCc1cc(C(C)C)on1. The highest BCUT2D eigenvalue weighted by molar-refractivity contribution is 5.08. The van der Waals surface area contributed by atoms with E-state index in [1.807, 2.05) is 0 Å². The molecule has 0 aromatic carbocycles. The second-order valence-electron chi connectivity index (χ2n) is 4.19. The van der Waals surface area contributed by atoms with Crippen molar-refractivity contribution in [1.29, 1.82) is 0 Å². The molecule has 1 aromatic heterocycles. The molecule has 0 spiro atoms. The Morgan fingerprint density at radius 1 is 1.29 bits per heavy atom. The topological polar surface area (TPSA) is 26.0 Å². The maximum atomic E-state index is 5.23. The zero-order chi connectivity index (χ0) is 10.4. The predicted octanol–water partition coefficient (Wildman–Crippen LogP) is 3.92. The largest absolute Gasteiger partial charge is 0.361 e. The molecule has 0 unspecified atom stereocenters. The van der Waals surface area contributed by atoms with E-state index >= 15 is 0 Å². The molecule has 0 aliphatic carbocycles. The molecule has 0 bridgehead atoms. The van der Waals surface area contributed by atoms with Gasteiger partial charge in [-0.3, -0.25) is 0 Å². The summed E-state index contributed by atoms with van der Waals surface area (Å²) in [6.07, 6.45) is 6.22. The fraction of sp³-hybridized carbons (Fsp3) is 0.750. The molecule has 0 aliphatic heterocycles. The summed E-state index contributed by atoms with van der Waals surface area (Å²) in [5.74, 6) is 1.46. The molecule has 2 heteroatoms. The molecule has 0 fully saturated rings. The van der Waals surface area contributed by atoms with Gasteiger partial charge in [-0.05, 0) is 12.8 Å². The maximum absolute atomic E-state index is 5.23. The maximum Gasteiger partial charge on any atom is 0.139 e. The van der Waals surface area contributed by atoms with Crippen molar-refractivity contribution in [2.45, 2.75) is 58.8 Å². The minimum Gasteiger partial charge on any atom is -0.361 e. The summed E-state index contributed by atoms with van der Waals surface area (Å²) in [7, 11) is 0. The molecular formula is C12H21NO. The summed E-state index contributed by atoms with van der Waals surface area (Å²) < 4.78 is 5.23. The van der Waals surface area contributed by atoms with Gasteiger partial charge in [0.2, 0.25) is 0 Å². The van der Waals surface area contributed by atoms with Crippen molar-refractivity contribution in [1.82, 2.24) is 5.16 Å². The number of hydrogen-bond acceptors (Lipinski definition) is 2. The molecule has 0 aliphatic rings. The van der Waals surface area contributed by atoms with Crippen LogP contribution in [0.1, 0.15) is 63.8 Å². The number of nitrogens with zero attached hydrogens (tertiary/aromatic N) is 1. The summed E-state index contributed by atoms with van der Waals surface area (Å²) in [6.45, 7) is 6.48. The van der Waals surface area contributed by atoms with Crippen molar-refractivity contribution in [2.24, 2.45) is 0 Å². The van der Waals surface area contributed by atoms with Crippen LogP contribution in [0.25, 0.3) is 0 Å². The lowest BCUT2D eigenvalue weighted by atomic mass is 10.1. The summed E-state index contributed by atoms with van der Waals surface area (Å²) >= 11 is 0. The van der Waals surface area contributed by atoms with Gasteiger partial charge in [0.25, 0.3) is 0 Å². The molecule has 0 radical (unpaired) electrons. The lowest BCUT2D eigenvalue weighted by molar-refractivity contribution is 0.365. The Labute approximate surface area is 86.7 Å². The number of unbranched alkanes of at least 4 members (excludes halogenated alkanes) is 3. The third kappa shape index (κ3) is 3.52. The zero-order valence-corrected chi connectivity index (χ0v) is 9.55. The monoisotopic (exact) mass is 195 g/mol. The standard InChI is InChI=1S/C12H21NO/c1-4-5-6-7-8-11-9-12(10(2)3)14-13-11/h9-10H,4-8H2,1-3H3. The lowest BCUT2D eigenvalue weighted by Crippen LogP contribution is -1.85. The number of hydrogen-bond donors (Lipinski definition) is 0. The molecule has 1 heterocycles. The van der Waals surface area contributed by atoms with Crippen LogP contribution in [-0.4, -0.2) is 5.16 Å². The van der Waals surface area contributed by atoms with E-state index in [2.05, 4.69) is 32.0 Å². The molecule has 1 aromatic rings. The van der Waals surface area contributed by atoms with Crippen molar-refractivity contribution in [3.05, 3.63) is 17.5 Å². The summed E-state index contributed by atoms with van der Waals surface area (Å²) in [5, 5.41) is 4.06. The first kappa shape index (κ1) is 11.3. The molecular weight excluding hydrogens is 174 g/mol. The molecule has 0 saturated heterocycles. The third-order valence-corrected chi connectivity index (χ3v) is 2.43. The fourth-order valence-electron chi connectivity index (χ4n) is 1.45. The molecule has 0 N–H and O–H groups in total. The lowest BCUT2D eigenvalue weighted by Gasteiger charge is -1.95. The third-order valence-electron chi connectivity index (χ3n) is 2.43. The number of aryl methyl sites for hydroxylation is 1. The highest BCUT2D eigenvalue weighted by atomic mass is 16.5. The van der Waals surface area contributed by atoms with E-state index in [9.17, 15) is 0 Å². The number of aromatic nitrogens is 1. The summed E-state index contributed by atoms with van der Waals surface area (Å²) in [5.41, 5.74) is 1.12. The molecule has 0 amide bonds. The first-order chi connectivity index (χ1) is 6.74. The average molecular weight is 195 g/mol. The van der Waals surface area contributed by atoms with E-state index < -0.39 is 0 Å². The van der Waals surface area contributed by atoms with E-state index in [0.29, 0.717) is 5.92 Å². The molecule has 14 heavy (non-hydrogen) atoms.